The van der Waals surface area contributed by atoms with E-state index in [1.165, 1.54) is 4.88 Å². The Hall–Kier alpha value is -1.56. The second kappa shape index (κ2) is 6.93. The minimum atomic E-state index is -0.784. The van der Waals surface area contributed by atoms with E-state index in [1.54, 1.807) is 21.1 Å². The van der Waals surface area contributed by atoms with Crippen LogP contribution in [-0.4, -0.2) is 53.1 Å². The Bertz CT molecular complexity index is 489. The van der Waals surface area contributed by atoms with Gasteiger partial charge in [0.1, 0.15) is 0 Å². The molecule has 0 spiro atoms. The van der Waals surface area contributed by atoms with Gasteiger partial charge in [-0.25, -0.2) is 4.79 Å². The van der Waals surface area contributed by atoms with E-state index in [2.05, 4.69) is 6.07 Å². The molecule has 1 aliphatic heterocycles. The number of carbonyl (C=O) groups is 2. The van der Waals surface area contributed by atoms with E-state index in [0.717, 1.165) is 12.8 Å². The maximum atomic E-state index is 12.5. The SMILES string of the molecule is CC(Cc1cccs1)N(C)C(=O)N1CCC(CC(=O)O)C1. The summed E-state index contributed by atoms with van der Waals surface area (Å²) < 4.78 is 0. The molecule has 6 heteroatoms. The molecule has 0 saturated carbocycles. The molecule has 2 amide bonds. The van der Waals surface area contributed by atoms with E-state index in [1.807, 2.05) is 25.4 Å². The number of nitrogens with zero attached hydrogens (tertiary/aromatic N) is 2. The van der Waals surface area contributed by atoms with E-state index in [0.29, 0.717) is 13.1 Å². The summed E-state index contributed by atoms with van der Waals surface area (Å²) in [6.07, 6.45) is 1.79. The van der Waals surface area contributed by atoms with Gasteiger partial charge in [-0.1, -0.05) is 6.07 Å². The molecule has 116 valence electrons. The number of hydrogen-bond donors (Lipinski definition) is 1. The first-order chi connectivity index (χ1) is 9.97. The maximum Gasteiger partial charge on any atom is 0.320 e. The molecule has 0 aromatic carbocycles. The highest BCUT2D eigenvalue weighted by Gasteiger charge is 2.30. The van der Waals surface area contributed by atoms with Gasteiger partial charge in [0.25, 0.3) is 0 Å². The molecular formula is C15H22N2O3S. The van der Waals surface area contributed by atoms with Gasteiger partial charge in [-0.15, -0.1) is 11.3 Å². The number of urea groups is 1. The van der Waals surface area contributed by atoms with Gasteiger partial charge < -0.3 is 14.9 Å². The molecule has 1 aromatic rings. The lowest BCUT2D eigenvalue weighted by atomic mass is 10.1. The summed E-state index contributed by atoms with van der Waals surface area (Å²) in [6, 6.07) is 4.24. The zero-order valence-electron chi connectivity index (χ0n) is 12.5. The van der Waals surface area contributed by atoms with Crippen LogP contribution in [0.2, 0.25) is 0 Å². The molecule has 2 unspecified atom stereocenters. The third kappa shape index (κ3) is 4.20. The first kappa shape index (κ1) is 15.8. The number of likely N-dealkylation sites (N-methyl/N-ethyl adjacent to an activating group) is 1. The maximum absolute atomic E-state index is 12.5. The molecule has 21 heavy (non-hydrogen) atoms. The third-order valence-corrected chi connectivity index (χ3v) is 4.96. The average Bonchev–Trinajstić information content (AvgIpc) is 3.08. The number of amides is 2. The van der Waals surface area contributed by atoms with Crippen LogP contribution in [0.1, 0.15) is 24.6 Å². The molecular weight excluding hydrogens is 288 g/mol. The number of aliphatic carboxylic acids is 1. The Morgan fingerprint density at radius 3 is 2.95 bits per heavy atom. The van der Waals surface area contributed by atoms with E-state index >= 15 is 0 Å². The fourth-order valence-electron chi connectivity index (χ4n) is 2.69. The summed E-state index contributed by atoms with van der Waals surface area (Å²) in [5.41, 5.74) is 0. The van der Waals surface area contributed by atoms with Crippen molar-refractivity contribution in [3.05, 3.63) is 22.4 Å². The summed E-state index contributed by atoms with van der Waals surface area (Å²) in [7, 11) is 1.82. The second-order valence-corrected chi connectivity index (χ2v) is 6.76. The lowest BCUT2D eigenvalue weighted by Gasteiger charge is -2.29. The highest BCUT2D eigenvalue weighted by atomic mass is 32.1. The molecule has 2 heterocycles. The van der Waals surface area contributed by atoms with Gasteiger partial charge in [-0.2, -0.15) is 0 Å². The minimum Gasteiger partial charge on any atom is -0.481 e. The standard InChI is InChI=1S/C15H22N2O3S/c1-11(8-13-4-3-7-21-13)16(2)15(20)17-6-5-12(10-17)9-14(18)19/h3-4,7,11-12H,5-6,8-10H2,1-2H3,(H,18,19). The average molecular weight is 310 g/mol. The van der Waals surface area contributed by atoms with Crippen LogP contribution in [-0.2, 0) is 11.2 Å². The van der Waals surface area contributed by atoms with Crippen molar-refractivity contribution < 1.29 is 14.7 Å². The molecule has 1 aliphatic rings. The first-order valence-electron chi connectivity index (χ1n) is 7.23. The molecule has 1 aromatic heterocycles. The summed E-state index contributed by atoms with van der Waals surface area (Å²) in [5, 5.41) is 10.9. The second-order valence-electron chi connectivity index (χ2n) is 5.72. The van der Waals surface area contributed by atoms with Crippen molar-refractivity contribution in [1.82, 2.24) is 9.80 Å². The fraction of sp³-hybridized carbons (Fsp3) is 0.600. The van der Waals surface area contributed by atoms with Crippen molar-refractivity contribution in [2.45, 2.75) is 32.2 Å². The van der Waals surface area contributed by atoms with E-state index in [-0.39, 0.29) is 24.4 Å². The minimum absolute atomic E-state index is 0.00643. The van der Waals surface area contributed by atoms with Crippen LogP contribution >= 0.6 is 11.3 Å². The van der Waals surface area contributed by atoms with Crippen LogP contribution in [0.15, 0.2) is 17.5 Å². The molecule has 1 N–H and O–H groups in total. The Morgan fingerprint density at radius 1 is 1.57 bits per heavy atom. The van der Waals surface area contributed by atoms with Gasteiger partial charge >= 0.3 is 12.0 Å². The van der Waals surface area contributed by atoms with Crippen LogP contribution in [0.3, 0.4) is 0 Å². The number of carbonyl (C=O) groups excluding carboxylic acids is 1. The Kier molecular flexibility index (Phi) is 5.22. The number of thiophene rings is 1. The summed E-state index contributed by atoms with van der Waals surface area (Å²) in [6.45, 7) is 3.26. The van der Waals surface area contributed by atoms with Gasteiger partial charge in [0.05, 0.1) is 0 Å². The predicted octanol–water partition coefficient (Wildman–Crippen LogP) is 2.53. The molecule has 0 bridgehead atoms. The first-order valence-corrected chi connectivity index (χ1v) is 8.11. The smallest absolute Gasteiger partial charge is 0.320 e. The Labute approximate surface area is 129 Å². The lowest BCUT2D eigenvalue weighted by molar-refractivity contribution is -0.138. The van der Waals surface area contributed by atoms with Crippen LogP contribution in [0.5, 0.6) is 0 Å². The lowest BCUT2D eigenvalue weighted by Crippen LogP contribution is -2.44. The van der Waals surface area contributed by atoms with E-state index < -0.39 is 5.97 Å². The zero-order chi connectivity index (χ0) is 15.4. The summed E-state index contributed by atoms with van der Waals surface area (Å²) >= 11 is 1.70. The predicted molar refractivity (Wildman–Crippen MR) is 82.6 cm³/mol. The van der Waals surface area contributed by atoms with Gasteiger partial charge in [-0.3, -0.25) is 4.79 Å². The van der Waals surface area contributed by atoms with E-state index in [9.17, 15) is 9.59 Å². The van der Waals surface area contributed by atoms with Gasteiger partial charge in [0.2, 0.25) is 0 Å². The van der Waals surface area contributed by atoms with Crippen molar-refractivity contribution >= 4 is 23.3 Å². The van der Waals surface area contributed by atoms with Crippen LogP contribution < -0.4 is 0 Å². The van der Waals surface area contributed by atoms with Crippen molar-refractivity contribution in [1.29, 1.82) is 0 Å². The monoisotopic (exact) mass is 310 g/mol. The Balaban J connectivity index is 1.86. The van der Waals surface area contributed by atoms with Crippen LogP contribution in [0.25, 0.3) is 0 Å². The quantitative estimate of drug-likeness (QED) is 0.909. The summed E-state index contributed by atoms with van der Waals surface area (Å²) in [4.78, 5) is 28.0. The summed E-state index contributed by atoms with van der Waals surface area (Å²) in [5.74, 6) is -0.693. The molecule has 5 nitrogen and oxygen atoms in total. The Morgan fingerprint density at radius 2 is 2.33 bits per heavy atom. The topological polar surface area (TPSA) is 60.9 Å². The number of carboxylic acid groups (broad SMARTS) is 1. The highest BCUT2D eigenvalue weighted by Crippen LogP contribution is 2.22. The molecule has 2 atom stereocenters. The van der Waals surface area contributed by atoms with E-state index in [4.69, 9.17) is 5.11 Å². The van der Waals surface area contributed by atoms with Crippen LogP contribution in [0, 0.1) is 5.92 Å². The highest BCUT2D eigenvalue weighted by molar-refractivity contribution is 7.09. The molecule has 1 fully saturated rings. The number of carboxylic acids is 1. The van der Waals surface area contributed by atoms with Crippen molar-refractivity contribution in [3.8, 4) is 0 Å². The normalized spacial score (nSPS) is 19.5. The van der Waals surface area contributed by atoms with Crippen LogP contribution in [0.4, 0.5) is 4.79 Å². The van der Waals surface area contributed by atoms with Crippen molar-refractivity contribution in [2.75, 3.05) is 20.1 Å². The molecule has 2 rings (SSSR count). The number of rotatable bonds is 5. The van der Waals surface area contributed by atoms with Crippen molar-refractivity contribution in [2.24, 2.45) is 5.92 Å². The van der Waals surface area contributed by atoms with Crippen molar-refractivity contribution in [3.63, 3.8) is 0 Å². The van der Waals surface area contributed by atoms with Gasteiger partial charge in [0.15, 0.2) is 0 Å². The third-order valence-electron chi connectivity index (χ3n) is 4.06. The molecule has 1 saturated heterocycles. The molecule has 0 aliphatic carbocycles. The largest absolute Gasteiger partial charge is 0.481 e. The van der Waals surface area contributed by atoms with Gasteiger partial charge in [0, 0.05) is 43.9 Å². The van der Waals surface area contributed by atoms with Gasteiger partial charge in [-0.05, 0) is 30.7 Å². The zero-order valence-corrected chi connectivity index (χ0v) is 13.3. The number of hydrogen-bond acceptors (Lipinski definition) is 3. The number of likely N-dealkylation sites (tertiary alicyclic amines) is 1. The molecule has 0 radical (unpaired) electrons. The fourth-order valence-corrected chi connectivity index (χ4v) is 3.51.